The summed E-state index contributed by atoms with van der Waals surface area (Å²) in [5, 5.41) is 0. The molecule has 50 valence electrons. The van der Waals surface area contributed by atoms with Crippen LogP contribution in [0.25, 0.3) is 0 Å². The molecule has 2 unspecified atom stereocenters. The first-order valence-electron chi connectivity index (χ1n) is 1.52. The number of hydrogen-bond acceptors (Lipinski definition) is 5. The van der Waals surface area contributed by atoms with E-state index in [0.29, 0.717) is 0 Å². The minimum Gasteiger partial charge on any atom is -0.786 e. The average molecular weight is 198 g/mol. The van der Waals surface area contributed by atoms with Crippen molar-refractivity contribution in [1.82, 2.24) is 0 Å². The van der Waals surface area contributed by atoms with Gasteiger partial charge in [-0.05, 0) is 0 Å². The van der Waals surface area contributed by atoms with Gasteiger partial charge in [0.1, 0.15) is 0 Å². The van der Waals surface area contributed by atoms with E-state index in [1.165, 1.54) is 0 Å². The molecule has 0 aromatic heterocycles. The summed E-state index contributed by atoms with van der Waals surface area (Å²) >= 11 is 0. The van der Waals surface area contributed by atoms with Crippen molar-refractivity contribution >= 4 is 54.9 Å². The van der Waals surface area contributed by atoms with Crippen LogP contribution in [0.4, 0.5) is 0 Å². The molecule has 0 saturated carbocycles. The Bertz CT molecular complexity index is 60.9. The molecule has 8 heteroatoms. The molecule has 9 heavy (non-hydrogen) atoms. The molecule has 0 aliphatic carbocycles. The molecule has 0 aromatic rings. The summed E-state index contributed by atoms with van der Waals surface area (Å²) in [6.07, 6.45) is 0. The van der Waals surface area contributed by atoms with Gasteiger partial charge >= 0.3 is 37.7 Å². The predicted octanol–water partition coefficient (Wildman–Crippen LogP) is -1.56. The monoisotopic (exact) mass is 198 g/mol. The molecular weight excluding hydrogens is 194 g/mol. The van der Waals surface area contributed by atoms with E-state index >= 15 is 0 Å². The van der Waals surface area contributed by atoms with Crippen molar-refractivity contribution < 1.29 is 23.5 Å². The molecule has 0 heterocycles. The molecule has 0 rings (SSSR count). The van der Waals surface area contributed by atoms with Gasteiger partial charge in [-0.25, -0.2) is 0 Å². The van der Waals surface area contributed by atoms with Crippen LogP contribution in [0.2, 0.25) is 0 Å². The van der Waals surface area contributed by atoms with Gasteiger partial charge in [-0.2, -0.15) is 0 Å². The van der Waals surface area contributed by atoms with Crippen LogP contribution in [-0.4, -0.2) is 49.7 Å². The fourth-order valence-corrected chi connectivity index (χ4v) is 0.813. The molecule has 1 N–H and O–H groups in total. The second kappa shape index (κ2) is 8.02. The van der Waals surface area contributed by atoms with Crippen molar-refractivity contribution in [1.29, 1.82) is 0 Å². The van der Waals surface area contributed by atoms with E-state index in [9.17, 15) is 9.79 Å². The van der Waals surface area contributed by atoms with Gasteiger partial charge in [0.05, 0.1) is 17.2 Å². The minimum atomic E-state index is -2.80. The quantitative estimate of drug-likeness (QED) is 0.437. The summed E-state index contributed by atoms with van der Waals surface area (Å²) in [4.78, 5) is 27.5. The molecule has 0 spiro atoms. The van der Waals surface area contributed by atoms with E-state index in [1.54, 1.807) is 0 Å². The zero-order valence-corrected chi connectivity index (χ0v) is 8.68. The zero-order valence-electron chi connectivity index (χ0n) is 4.68. The van der Waals surface area contributed by atoms with Gasteiger partial charge in [-0.15, -0.1) is 0 Å². The maximum Gasteiger partial charge on any atom is 2.00 e. The number of hydrogen-bond donors (Lipinski definition) is 1. The van der Waals surface area contributed by atoms with Gasteiger partial charge in [-0.1, -0.05) is 0 Å². The van der Waals surface area contributed by atoms with Gasteiger partial charge in [0, 0.05) is 7.11 Å². The van der Waals surface area contributed by atoms with Gasteiger partial charge in [-0.3, -0.25) is 0 Å². The van der Waals surface area contributed by atoms with Gasteiger partial charge in [0.15, 0.2) is 0 Å². The summed E-state index contributed by atoms with van der Waals surface area (Å²) in [6.45, 7) is 0. The van der Waals surface area contributed by atoms with Crippen molar-refractivity contribution in [2.24, 2.45) is 0 Å². The molecule has 0 aromatic carbocycles. The fourth-order valence-electron chi connectivity index (χ4n) is 0.0904. The van der Waals surface area contributed by atoms with E-state index in [0.717, 1.165) is 7.11 Å². The third kappa shape index (κ3) is 9.92. The molecule has 0 bridgehead atoms. The molecular formula is CH4CaO5P2. The SMILES string of the molecule is COP([O-])OP([O-])O.[Ca+2]. The molecule has 5 nitrogen and oxygen atoms in total. The minimum absolute atomic E-state index is 0. The number of rotatable bonds is 3. The van der Waals surface area contributed by atoms with Crippen LogP contribution in [0.5, 0.6) is 0 Å². The average Bonchev–Trinajstić information content (AvgIpc) is 1.65. The van der Waals surface area contributed by atoms with Crippen LogP contribution in [0, 0.1) is 0 Å². The van der Waals surface area contributed by atoms with Crippen molar-refractivity contribution in [2.75, 3.05) is 7.11 Å². The maximum atomic E-state index is 9.98. The molecule has 0 radical (unpaired) electrons. The predicted molar refractivity (Wildman–Crippen MR) is 29.9 cm³/mol. The topological polar surface area (TPSA) is 84.8 Å². The van der Waals surface area contributed by atoms with Gasteiger partial charge in [0.2, 0.25) is 0 Å². The normalized spacial score (nSPS) is 16.0. The second-order valence-electron chi connectivity index (χ2n) is 0.726. The largest absolute Gasteiger partial charge is 2.00 e. The van der Waals surface area contributed by atoms with Crippen molar-refractivity contribution in [3.8, 4) is 0 Å². The van der Waals surface area contributed by atoms with Crippen molar-refractivity contribution in [3.63, 3.8) is 0 Å². The smallest absolute Gasteiger partial charge is 0.786 e. The van der Waals surface area contributed by atoms with E-state index in [4.69, 9.17) is 4.89 Å². The molecule has 0 aliphatic heterocycles. The van der Waals surface area contributed by atoms with Crippen LogP contribution >= 0.6 is 17.2 Å². The van der Waals surface area contributed by atoms with E-state index in [1.807, 2.05) is 0 Å². The fraction of sp³-hybridized carbons (Fsp3) is 1.00. The zero-order chi connectivity index (χ0) is 6.57. The molecule has 0 saturated heterocycles. The standard InChI is InChI=1S/CH4O5P2.Ca/c1-5-8(4)6-7(2)3;/h2H,1H3;/q-2;+2. The Hall–Kier alpha value is 1.92. The van der Waals surface area contributed by atoms with Crippen molar-refractivity contribution in [2.45, 2.75) is 0 Å². The Kier molecular flexibility index (Phi) is 12.0. The first kappa shape index (κ1) is 13.5. The van der Waals surface area contributed by atoms with Crippen LogP contribution in [-0.2, 0) is 8.83 Å². The van der Waals surface area contributed by atoms with E-state index in [-0.39, 0.29) is 37.7 Å². The molecule has 0 aliphatic rings. The van der Waals surface area contributed by atoms with Gasteiger partial charge < -0.3 is 23.5 Å². The molecule has 0 fully saturated rings. The summed E-state index contributed by atoms with van der Waals surface area (Å²) in [5.74, 6) is 0. The Labute approximate surface area is 85.0 Å². The first-order valence-corrected chi connectivity index (χ1v) is 3.75. The summed E-state index contributed by atoms with van der Waals surface area (Å²) in [7, 11) is -4.10. The van der Waals surface area contributed by atoms with Crippen LogP contribution in [0.3, 0.4) is 0 Å². The molecule has 2 atom stereocenters. The Morgan fingerprint density at radius 1 is 1.44 bits per heavy atom. The van der Waals surface area contributed by atoms with E-state index in [2.05, 4.69) is 8.83 Å². The van der Waals surface area contributed by atoms with Crippen LogP contribution in [0.1, 0.15) is 0 Å². The Morgan fingerprint density at radius 2 is 1.89 bits per heavy atom. The molecule has 0 amide bonds. The third-order valence-corrected chi connectivity index (χ3v) is 1.68. The third-order valence-electron chi connectivity index (χ3n) is 0.286. The van der Waals surface area contributed by atoms with Crippen LogP contribution in [0.15, 0.2) is 0 Å². The van der Waals surface area contributed by atoms with Gasteiger partial charge in [0.25, 0.3) is 0 Å². The Morgan fingerprint density at radius 3 is 2.00 bits per heavy atom. The van der Waals surface area contributed by atoms with Crippen LogP contribution < -0.4 is 9.79 Å². The summed E-state index contributed by atoms with van der Waals surface area (Å²) in [5.41, 5.74) is 0. The Balaban J connectivity index is 0. The summed E-state index contributed by atoms with van der Waals surface area (Å²) in [6, 6.07) is 0. The van der Waals surface area contributed by atoms with Crippen molar-refractivity contribution in [3.05, 3.63) is 0 Å². The maximum absolute atomic E-state index is 9.98. The summed E-state index contributed by atoms with van der Waals surface area (Å²) < 4.78 is 7.76. The first-order chi connectivity index (χ1) is 3.66. The second-order valence-corrected chi connectivity index (χ2v) is 2.67. The van der Waals surface area contributed by atoms with E-state index < -0.39 is 17.2 Å².